The molecule has 2 nitrogen and oxygen atoms in total. The molecule has 0 spiro atoms. The van der Waals surface area contributed by atoms with Crippen LogP contribution in [0.3, 0.4) is 0 Å². The first kappa shape index (κ1) is 8.43. The first-order chi connectivity index (χ1) is 4.31. The molecule has 0 saturated heterocycles. The van der Waals surface area contributed by atoms with Crippen molar-refractivity contribution in [3.05, 3.63) is 12.7 Å². The standard InChI is InChI=1S/C6H11NOS/c1-3-5-7-6(9)8-4-2/h3H,1,4-5H2,2H3,(H,7,9). The fourth-order valence-electron chi connectivity index (χ4n) is 0.338. The van der Waals surface area contributed by atoms with Crippen LogP contribution in [0.4, 0.5) is 0 Å². The van der Waals surface area contributed by atoms with Crippen LogP contribution in [-0.2, 0) is 4.74 Å². The smallest absolute Gasteiger partial charge is 0.256 e. The quantitative estimate of drug-likeness (QED) is 0.474. The highest BCUT2D eigenvalue weighted by Gasteiger charge is 1.88. The predicted molar refractivity (Wildman–Crippen MR) is 42.4 cm³/mol. The van der Waals surface area contributed by atoms with Crippen molar-refractivity contribution < 1.29 is 4.74 Å². The summed E-state index contributed by atoms with van der Waals surface area (Å²) < 4.78 is 4.92. The predicted octanol–water partition coefficient (Wildman–Crippen LogP) is 1.08. The Morgan fingerprint density at radius 1 is 1.89 bits per heavy atom. The zero-order valence-corrected chi connectivity index (χ0v) is 6.33. The normalized spacial score (nSPS) is 8.11. The van der Waals surface area contributed by atoms with E-state index in [-0.39, 0.29) is 0 Å². The summed E-state index contributed by atoms with van der Waals surface area (Å²) in [5.41, 5.74) is 0. The van der Waals surface area contributed by atoms with Crippen molar-refractivity contribution in [3.8, 4) is 0 Å². The Morgan fingerprint density at radius 2 is 2.56 bits per heavy atom. The molecule has 3 heteroatoms. The molecule has 0 aliphatic rings. The van der Waals surface area contributed by atoms with Crippen LogP contribution < -0.4 is 5.32 Å². The minimum absolute atomic E-state index is 0.442. The van der Waals surface area contributed by atoms with Crippen LogP contribution in [0.25, 0.3) is 0 Å². The molecule has 0 aromatic carbocycles. The maximum atomic E-state index is 4.92. The highest BCUT2D eigenvalue weighted by atomic mass is 32.1. The Morgan fingerprint density at radius 3 is 3.00 bits per heavy atom. The van der Waals surface area contributed by atoms with Crippen LogP contribution in [0.15, 0.2) is 12.7 Å². The molecule has 1 N–H and O–H groups in total. The van der Waals surface area contributed by atoms with Gasteiger partial charge in [0.15, 0.2) is 0 Å². The van der Waals surface area contributed by atoms with E-state index in [0.29, 0.717) is 18.3 Å². The Kier molecular flexibility index (Phi) is 5.21. The van der Waals surface area contributed by atoms with Crippen molar-refractivity contribution in [2.24, 2.45) is 0 Å². The fraction of sp³-hybridized carbons (Fsp3) is 0.500. The zero-order chi connectivity index (χ0) is 7.11. The SMILES string of the molecule is C=CCNC(=S)OCC. The lowest BCUT2D eigenvalue weighted by Gasteiger charge is -2.03. The lowest BCUT2D eigenvalue weighted by molar-refractivity contribution is 0.322. The van der Waals surface area contributed by atoms with Gasteiger partial charge in [0.1, 0.15) is 0 Å². The first-order valence-electron chi connectivity index (χ1n) is 2.82. The molecule has 9 heavy (non-hydrogen) atoms. The Bertz CT molecular complexity index is 103. The van der Waals surface area contributed by atoms with Gasteiger partial charge in [0.25, 0.3) is 5.17 Å². The van der Waals surface area contributed by atoms with Crippen molar-refractivity contribution >= 4 is 17.4 Å². The lowest BCUT2D eigenvalue weighted by Crippen LogP contribution is -2.23. The number of nitrogens with one attached hydrogen (secondary N) is 1. The average molecular weight is 145 g/mol. The minimum atomic E-state index is 0.442. The second-order valence-electron chi connectivity index (χ2n) is 1.39. The van der Waals surface area contributed by atoms with Crippen LogP contribution in [-0.4, -0.2) is 18.3 Å². The van der Waals surface area contributed by atoms with Gasteiger partial charge in [0.2, 0.25) is 0 Å². The second-order valence-corrected chi connectivity index (χ2v) is 1.76. The van der Waals surface area contributed by atoms with Crippen LogP contribution >= 0.6 is 12.2 Å². The third kappa shape index (κ3) is 5.30. The van der Waals surface area contributed by atoms with E-state index in [1.807, 2.05) is 6.92 Å². The largest absolute Gasteiger partial charge is 0.471 e. The number of rotatable bonds is 3. The Labute approximate surface area is 60.9 Å². The molecule has 0 rings (SSSR count). The van der Waals surface area contributed by atoms with Gasteiger partial charge in [-0.1, -0.05) is 6.08 Å². The third-order valence-electron chi connectivity index (χ3n) is 0.666. The maximum absolute atomic E-state index is 4.92. The molecule has 52 valence electrons. The van der Waals surface area contributed by atoms with Crippen LogP contribution in [0.5, 0.6) is 0 Å². The number of hydrogen-bond donors (Lipinski definition) is 1. The molecule has 0 aliphatic heterocycles. The van der Waals surface area contributed by atoms with Gasteiger partial charge in [0.05, 0.1) is 6.61 Å². The van der Waals surface area contributed by atoms with E-state index in [9.17, 15) is 0 Å². The summed E-state index contributed by atoms with van der Waals surface area (Å²) >= 11 is 4.74. The molecule has 0 unspecified atom stereocenters. The van der Waals surface area contributed by atoms with Crippen LogP contribution in [0, 0.1) is 0 Å². The summed E-state index contributed by atoms with van der Waals surface area (Å²) in [6.45, 7) is 6.69. The van der Waals surface area contributed by atoms with E-state index in [0.717, 1.165) is 0 Å². The number of hydrogen-bond acceptors (Lipinski definition) is 2. The fourth-order valence-corrected chi connectivity index (χ4v) is 0.539. The minimum Gasteiger partial charge on any atom is -0.471 e. The number of thiocarbonyl (C=S) groups is 1. The van der Waals surface area contributed by atoms with E-state index < -0.39 is 0 Å². The molecule has 0 radical (unpaired) electrons. The van der Waals surface area contributed by atoms with Crippen LogP contribution in [0.2, 0.25) is 0 Å². The molecule has 0 fully saturated rings. The molecule has 0 amide bonds. The topological polar surface area (TPSA) is 21.3 Å². The first-order valence-corrected chi connectivity index (χ1v) is 3.23. The Hall–Kier alpha value is -0.570. The van der Waals surface area contributed by atoms with Gasteiger partial charge in [-0.2, -0.15) is 0 Å². The molecule has 0 atom stereocenters. The summed E-state index contributed by atoms with van der Waals surface area (Å²) in [5.74, 6) is 0. The summed E-state index contributed by atoms with van der Waals surface area (Å²) in [5, 5.41) is 3.27. The van der Waals surface area contributed by atoms with E-state index in [4.69, 9.17) is 17.0 Å². The van der Waals surface area contributed by atoms with Gasteiger partial charge in [0, 0.05) is 6.54 Å². The van der Waals surface area contributed by atoms with E-state index >= 15 is 0 Å². The van der Waals surface area contributed by atoms with Crippen LogP contribution in [0.1, 0.15) is 6.92 Å². The van der Waals surface area contributed by atoms with Gasteiger partial charge in [-0.05, 0) is 19.1 Å². The Balaban J connectivity index is 3.16. The lowest BCUT2D eigenvalue weighted by atomic mass is 10.6. The van der Waals surface area contributed by atoms with E-state index in [2.05, 4.69) is 11.9 Å². The van der Waals surface area contributed by atoms with E-state index in [1.165, 1.54) is 0 Å². The van der Waals surface area contributed by atoms with Crippen molar-refractivity contribution in [1.29, 1.82) is 0 Å². The highest BCUT2D eigenvalue weighted by Crippen LogP contribution is 1.75. The maximum Gasteiger partial charge on any atom is 0.256 e. The molecule has 0 heterocycles. The molecular weight excluding hydrogens is 134 g/mol. The van der Waals surface area contributed by atoms with Gasteiger partial charge < -0.3 is 10.1 Å². The summed E-state index contributed by atoms with van der Waals surface area (Å²) in [6.07, 6.45) is 1.73. The summed E-state index contributed by atoms with van der Waals surface area (Å²) in [7, 11) is 0. The molecule has 0 bridgehead atoms. The monoisotopic (exact) mass is 145 g/mol. The van der Waals surface area contributed by atoms with Gasteiger partial charge in [-0.25, -0.2) is 0 Å². The summed E-state index contributed by atoms with van der Waals surface area (Å²) in [6, 6.07) is 0. The molecule has 0 aromatic heterocycles. The van der Waals surface area contributed by atoms with Gasteiger partial charge in [-0.15, -0.1) is 6.58 Å². The van der Waals surface area contributed by atoms with Crippen molar-refractivity contribution in [3.63, 3.8) is 0 Å². The third-order valence-corrected chi connectivity index (χ3v) is 0.928. The summed E-state index contributed by atoms with van der Waals surface area (Å²) in [4.78, 5) is 0. The number of ether oxygens (including phenoxy) is 1. The van der Waals surface area contributed by atoms with Gasteiger partial charge in [-0.3, -0.25) is 0 Å². The van der Waals surface area contributed by atoms with Gasteiger partial charge >= 0.3 is 0 Å². The molecule has 0 aliphatic carbocycles. The molecular formula is C6H11NOS. The molecule has 0 aromatic rings. The molecule has 0 saturated carbocycles. The zero-order valence-electron chi connectivity index (χ0n) is 5.52. The highest BCUT2D eigenvalue weighted by molar-refractivity contribution is 7.80. The second kappa shape index (κ2) is 5.56. The van der Waals surface area contributed by atoms with Crippen molar-refractivity contribution in [1.82, 2.24) is 5.32 Å². The van der Waals surface area contributed by atoms with Crippen molar-refractivity contribution in [2.45, 2.75) is 6.92 Å². The average Bonchev–Trinajstić information content (AvgIpc) is 1.85. The van der Waals surface area contributed by atoms with Crippen molar-refractivity contribution in [2.75, 3.05) is 13.2 Å². The van der Waals surface area contributed by atoms with E-state index in [1.54, 1.807) is 6.08 Å².